The highest BCUT2D eigenvalue weighted by atomic mass is 35.5. The summed E-state index contributed by atoms with van der Waals surface area (Å²) in [4.78, 5) is 10.8. The van der Waals surface area contributed by atoms with Gasteiger partial charge in [0.05, 0.1) is 24.9 Å². The smallest absolute Gasteiger partial charge is 0.228 e. The Labute approximate surface area is 128 Å². The fourth-order valence-corrected chi connectivity index (χ4v) is 5.94. The summed E-state index contributed by atoms with van der Waals surface area (Å²) >= 11 is 12.0. The number of fused-ring (bicyclic) bond motifs is 1. The summed E-state index contributed by atoms with van der Waals surface area (Å²) in [6.07, 6.45) is 5.44. The number of nitrogens with zero attached hydrogens (tertiary/aromatic N) is 4. The largest absolute Gasteiger partial charge is 0.340 e. The number of piperidine rings is 1. The fourth-order valence-electron chi connectivity index (χ4n) is 5.52. The lowest BCUT2D eigenvalue weighted by molar-refractivity contribution is -0.947. The Morgan fingerprint density at radius 1 is 1.05 bits per heavy atom. The Hall–Kier alpha value is -0.580. The van der Waals surface area contributed by atoms with Crippen molar-refractivity contribution in [3.8, 4) is 0 Å². The molecule has 5 heterocycles. The van der Waals surface area contributed by atoms with Crippen LogP contribution >= 0.6 is 23.2 Å². The van der Waals surface area contributed by atoms with Gasteiger partial charge in [0.2, 0.25) is 5.95 Å². The summed E-state index contributed by atoms with van der Waals surface area (Å²) in [5.74, 6) is 0.665. The molecule has 4 aliphatic heterocycles. The summed E-state index contributed by atoms with van der Waals surface area (Å²) in [6.45, 7) is 0. The van der Waals surface area contributed by atoms with Crippen LogP contribution in [0.3, 0.4) is 0 Å². The van der Waals surface area contributed by atoms with E-state index in [1.165, 1.54) is 30.2 Å². The molecule has 0 aromatic carbocycles. The molecule has 0 radical (unpaired) electrons. The molecule has 4 fully saturated rings. The van der Waals surface area contributed by atoms with Crippen LogP contribution in [0.15, 0.2) is 6.07 Å². The first kappa shape index (κ1) is 12.0. The molecule has 20 heavy (non-hydrogen) atoms. The zero-order valence-corrected chi connectivity index (χ0v) is 12.8. The van der Waals surface area contributed by atoms with E-state index in [4.69, 9.17) is 23.2 Å². The molecule has 4 aliphatic rings. The molecule has 0 aliphatic carbocycles. The van der Waals surface area contributed by atoms with Crippen molar-refractivity contribution in [3.63, 3.8) is 0 Å². The first-order chi connectivity index (χ1) is 9.60. The quantitative estimate of drug-likeness (QED) is 0.477. The summed E-state index contributed by atoms with van der Waals surface area (Å²) in [6, 6.07) is 6.02. The van der Waals surface area contributed by atoms with Gasteiger partial charge in [0, 0.05) is 32.0 Å². The summed E-state index contributed by atoms with van der Waals surface area (Å²) in [5, 5.41) is 0.842. The molecule has 6 atom stereocenters. The molecule has 0 N–H and O–H groups in total. The van der Waals surface area contributed by atoms with Crippen molar-refractivity contribution in [2.75, 3.05) is 11.9 Å². The maximum Gasteiger partial charge on any atom is 0.228 e. The van der Waals surface area contributed by atoms with Crippen molar-refractivity contribution in [2.45, 2.75) is 55.9 Å². The number of halogens is 2. The number of anilines is 1. The maximum absolute atomic E-state index is 6.00. The van der Waals surface area contributed by atoms with Crippen LogP contribution in [-0.4, -0.2) is 51.7 Å². The van der Waals surface area contributed by atoms with Gasteiger partial charge < -0.3 is 9.38 Å². The molecule has 4 saturated heterocycles. The van der Waals surface area contributed by atoms with Gasteiger partial charge in [-0.15, -0.1) is 0 Å². The molecule has 1 aromatic rings. The number of aromatic nitrogens is 2. The van der Waals surface area contributed by atoms with E-state index >= 15 is 0 Å². The van der Waals surface area contributed by atoms with Gasteiger partial charge in [0.1, 0.15) is 22.4 Å². The van der Waals surface area contributed by atoms with E-state index in [0.717, 1.165) is 24.2 Å². The molecular weight excluding hydrogens is 295 g/mol. The van der Waals surface area contributed by atoms with Gasteiger partial charge in [-0.1, -0.05) is 23.2 Å². The van der Waals surface area contributed by atoms with Crippen molar-refractivity contribution in [2.24, 2.45) is 0 Å². The van der Waals surface area contributed by atoms with E-state index in [-0.39, 0.29) is 0 Å². The van der Waals surface area contributed by atoms with Crippen LogP contribution in [0.1, 0.15) is 25.7 Å². The molecule has 1 spiro atoms. The third-order valence-electron chi connectivity index (χ3n) is 6.40. The van der Waals surface area contributed by atoms with E-state index in [0.29, 0.717) is 22.3 Å². The van der Waals surface area contributed by atoms with Gasteiger partial charge in [-0.05, 0) is 0 Å². The van der Waals surface area contributed by atoms with Crippen LogP contribution in [0.4, 0.5) is 5.95 Å². The van der Waals surface area contributed by atoms with Gasteiger partial charge in [-0.25, -0.2) is 9.97 Å². The zero-order chi connectivity index (χ0) is 13.6. The minimum absolute atomic E-state index is 0.421. The molecule has 106 valence electrons. The molecule has 4 unspecified atom stereocenters. The maximum atomic E-state index is 6.00. The van der Waals surface area contributed by atoms with E-state index in [9.17, 15) is 0 Å². The van der Waals surface area contributed by atoms with Gasteiger partial charge in [0.15, 0.2) is 0 Å². The standard InChI is InChI=1S/C14H17Cl2N4/c1-19(14-17-12(15)6-13(16)18-14)7-2-8-4-10-11-5-9(3-7)20(8,10)11/h6-11H,2-5H2,1H3/q+1/t7?,8-,9+,10?,11?,20?. The Bertz CT molecular complexity index is 563. The van der Waals surface area contributed by atoms with Crippen molar-refractivity contribution in [1.29, 1.82) is 0 Å². The summed E-state index contributed by atoms with van der Waals surface area (Å²) in [5.41, 5.74) is 0. The Kier molecular flexibility index (Phi) is 2.16. The SMILES string of the molecule is CN(c1nc(Cl)cc(Cl)n1)C1C[C@@H]2CC3C4C[C@H](C1)[N+]342. The average Bonchev–Trinajstić information content (AvgIpc) is 2.75. The van der Waals surface area contributed by atoms with Gasteiger partial charge in [0.25, 0.3) is 0 Å². The highest BCUT2D eigenvalue weighted by molar-refractivity contribution is 6.33. The van der Waals surface area contributed by atoms with Gasteiger partial charge in [-0.2, -0.15) is 0 Å². The number of quaternary nitrogens is 1. The highest BCUT2D eigenvalue weighted by Gasteiger charge is 2.88. The van der Waals surface area contributed by atoms with Crippen LogP contribution in [-0.2, 0) is 0 Å². The van der Waals surface area contributed by atoms with Crippen LogP contribution in [0.5, 0.6) is 0 Å². The molecule has 0 bridgehead atoms. The topological polar surface area (TPSA) is 29.0 Å². The lowest BCUT2D eigenvalue weighted by Gasteiger charge is -2.54. The molecule has 6 heteroatoms. The fraction of sp³-hybridized carbons (Fsp3) is 0.714. The normalized spacial score (nSPS) is 46.6. The average molecular weight is 312 g/mol. The Morgan fingerprint density at radius 3 is 2.10 bits per heavy atom. The lowest BCUT2D eigenvalue weighted by Crippen LogP contribution is -2.67. The predicted molar refractivity (Wildman–Crippen MR) is 78.1 cm³/mol. The van der Waals surface area contributed by atoms with E-state index in [1.54, 1.807) is 6.07 Å². The number of rotatable bonds is 2. The minimum atomic E-state index is 0.421. The second-order valence-electron chi connectivity index (χ2n) is 6.86. The first-order valence-electron chi connectivity index (χ1n) is 7.41. The summed E-state index contributed by atoms with van der Waals surface area (Å²) < 4.78 is 1.50. The second kappa shape index (κ2) is 3.60. The molecule has 4 nitrogen and oxygen atoms in total. The summed E-state index contributed by atoms with van der Waals surface area (Å²) in [7, 11) is 2.08. The van der Waals surface area contributed by atoms with Crippen molar-refractivity contribution >= 4 is 29.2 Å². The second-order valence-corrected chi connectivity index (χ2v) is 7.63. The molecule has 0 amide bonds. The molecule has 1 aromatic heterocycles. The zero-order valence-electron chi connectivity index (χ0n) is 11.3. The van der Waals surface area contributed by atoms with E-state index in [1.807, 2.05) is 0 Å². The lowest BCUT2D eigenvalue weighted by atomic mass is 9.82. The van der Waals surface area contributed by atoms with Crippen LogP contribution < -0.4 is 4.90 Å². The molecule has 0 saturated carbocycles. The first-order valence-corrected chi connectivity index (χ1v) is 8.17. The van der Waals surface area contributed by atoms with Crippen molar-refractivity contribution in [3.05, 3.63) is 16.4 Å². The molecule has 5 rings (SSSR count). The van der Waals surface area contributed by atoms with Crippen LogP contribution in [0.2, 0.25) is 10.3 Å². The third kappa shape index (κ3) is 1.25. The van der Waals surface area contributed by atoms with Crippen molar-refractivity contribution in [1.82, 2.24) is 9.97 Å². The predicted octanol–water partition coefficient (Wildman–Crippen LogP) is 2.49. The van der Waals surface area contributed by atoms with E-state index in [2.05, 4.69) is 21.9 Å². The Balaban J connectivity index is 1.40. The number of hydrogen-bond acceptors (Lipinski definition) is 3. The molecular formula is C14H17Cl2N4+. The van der Waals surface area contributed by atoms with E-state index < -0.39 is 0 Å². The monoisotopic (exact) mass is 311 g/mol. The van der Waals surface area contributed by atoms with Crippen LogP contribution in [0.25, 0.3) is 0 Å². The minimum Gasteiger partial charge on any atom is -0.340 e. The van der Waals surface area contributed by atoms with Crippen molar-refractivity contribution < 1.29 is 4.48 Å². The van der Waals surface area contributed by atoms with Crippen LogP contribution in [0, 0.1) is 0 Å². The highest BCUT2D eigenvalue weighted by Crippen LogP contribution is 2.71. The number of hydrogen-bond donors (Lipinski definition) is 0. The van der Waals surface area contributed by atoms with Gasteiger partial charge in [-0.3, -0.25) is 0 Å². The Morgan fingerprint density at radius 2 is 1.60 bits per heavy atom. The third-order valence-corrected chi connectivity index (χ3v) is 6.79. The van der Waals surface area contributed by atoms with Gasteiger partial charge >= 0.3 is 0 Å².